The van der Waals surface area contributed by atoms with Crippen molar-refractivity contribution in [3.05, 3.63) is 91.6 Å². The number of hydrogen-bond acceptors (Lipinski definition) is 5. The zero-order chi connectivity index (χ0) is 34.5. The molecule has 0 aliphatic heterocycles. The van der Waals surface area contributed by atoms with Crippen molar-refractivity contribution in [1.29, 1.82) is 0 Å². The summed E-state index contributed by atoms with van der Waals surface area (Å²) in [6, 6.07) is 5.37. The highest BCUT2D eigenvalue weighted by Crippen LogP contribution is 2.35. The van der Waals surface area contributed by atoms with Crippen molar-refractivity contribution in [2.45, 2.75) is 79.6 Å². The van der Waals surface area contributed by atoms with E-state index < -0.39 is 59.4 Å². The molecule has 0 aliphatic rings. The van der Waals surface area contributed by atoms with Gasteiger partial charge in [0.15, 0.2) is 0 Å². The Kier molecular flexibility index (Phi) is 11.9. The van der Waals surface area contributed by atoms with Crippen LogP contribution in [0.3, 0.4) is 0 Å². The molecule has 3 rings (SSSR count). The highest BCUT2D eigenvalue weighted by atomic mass is 19.4. The van der Waals surface area contributed by atoms with Gasteiger partial charge in [-0.05, 0) is 106 Å². The Balaban J connectivity index is 2.16. The zero-order valence-corrected chi connectivity index (χ0v) is 27.6. The second-order valence-corrected chi connectivity index (χ2v) is 12.0. The maximum Gasteiger partial charge on any atom is 0.416 e. The summed E-state index contributed by atoms with van der Waals surface area (Å²) in [5.41, 5.74) is 2.71. The van der Waals surface area contributed by atoms with Crippen LogP contribution in [0.4, 0.5) is 17.6 Å². The fraction of sp³-hybridized carbons (Fsp3) is 0.457. The number of nitrogens with one attached hydrogen (secondary N) is 2. The molecular formula is C35H43F4N3O4. The van der Waals surface area contributed by atoms with E-state index in [1.165, 1.54) is 0 Å². The molecule has 2 atom stereocenters. The van der Waals surface area contributed by atoms with Gasteiger partial charge < -0.3 is 19.9 Å². The number of alkyl halides is 3. The number of pyridine rings is 1. The number of nitrogens with zero attached hydrogens (tertiary/aromatic N) is 1. The van der Waals surface area contributed by atoms with Crippen LogP contribution < -0.4 is 16.2 Å². The van der Waals surface area contributed by atoms with E-state index in [0.29, 0.717) is 17.2 Å². The minimum absolute atomic E-state index is 0.0430. The molecule has 0 saturated heterocycles. The highest BCUT2D eigenvalue weighted by Gasteiger charge is 2.36. The lowest BCUT2D eigenvalue weighted by Gasteiger charge is -2.28. The van der Waals surface area contributed by atoms with Crippen molar-refractivity contribution in [3.63, 3.8) is 0 Å². The maximum absolute atomic E-state index is 15.9. The number of carbonyl (C=O) groups excluding carboxylic acids is 2. The van der Waals surface area contributed by atoms with Crippen LogP contribution in [0.1, 0.15) is 78.2 Å². The van der Waals surface area contributed by atoms with Crippen LogP contribution in [0, 0.1) is 39.4 Å². The molecule has 2 unspecified atom stereocenters. The molecule has 0 spiro atoms. The van der Waals surface area contributed by atoms with Crippen LogP contribution in [0.5, 0.6) is 0 Å². The number of likely N-dealkylation sites (N-methyl/N-ethyl adjacent to an activating group) is 1. The van der Waals surface area contributed by atoms with Gasteiger partial charge in [0.05, 0.1) is 24.6 Å². The number of amides is 1. The van der Waals surface area contributed by atoms with E-state index in [0.717, 1.165) is 33.0 Å². The predicted octanol–water partition coefficient (Wildman–Crippen LogP) is 6.68. The average Bonchev–Trinajstić information content (AvgIpc) is 2.93. The van der Waals surface area contributed by atoms with Crippen LogP contribution in [-0.4, -0.2) is 36.6 Å². The van der Waals surface area contributed by atoms with E-state index in [1.54, 1.807) is 46.9 Å². The molecule has 3 aromatic rings. The summed E-state index contributed by atoms with van der Waals surface area (Å²) in [6.45, 7) is 12.7. The van der Waals surface area contributed by atoms with Crippen molar-refractivity contribution in [1.82, 2.24) is 15.2 Å². The lowest BCUT2D eigenvalue weighted by Crippen LogP contribution is -2.42. The molecule has 0 bridgehead atoms. The van der Waals surface area contributed by atoms with Gasteiger partial charge in [0, 0.05) is 17.8 Å². The van der Waals surface area contributed by atoms with Gasteiger partial charge in [-0.1, -0.05) is 31.5 Å². The maximum atomic E-state index is 15.9. The Labute approximate surface area is 267 Å². The zero-order valence-electron chi connectivity index (χ0n) is 27.6. The molecule has 0 radical (unpaired) electrons. The molecule has 0 saturated carbocycles. The van der Waals surface area contributed by atoms with E-state index in [4.69, 9.17) is 4.74 Å². The van der Waals surface area contributed by atoms with Crippen LogP contribution in [0.25, 0.3) is 11.1 Å². The predicted molar refractivity (Wildman–Crippen MR) is 170 cm³/mol. The van der Waals surface area contributed by atoms with Crippen molar-refractivity contribution < 1.29 is 31.9 Å². The van der Waals surface area contributed by atoms with Gasteiger partial charge in [-0.3, -0.25) is 14.4 Å². The Morgan fingerprint density at radius 1 is 0.978 bits per heavy atom. The van der Waals surface area contributed by atoms with Gasteiger partial charge in [0.2, 0.25) is 5.91 Å². The molecule has 2 N–H and O–H groups in total. The fourth-order valence-corrected chi connectivity index (χ4v) is 5.99. The molecule has 2 aromatic carbocycles. The Morgan fingerprint density at radius 2 is 1.61 bits per heavy atom. The smallest absolute Gasteiger partial charge is 0.416 e. The number of aryl methyl sites for hydroxylation is 4. The summed E-state index contributed by atoms with van der Waals surface area (Å²) in [7, 11) is 1.59. The van der Waals surface area contributed by atoms with Crippen LogP contribution in [0.15, 0.2) is 41.3 Å². The first-order chi connectivity index (χ1) is 21.5. The fourth-order valence-electron chi connectivity index (χ4n) is 5.99. The van der Waals surface area contributed by atoms with Crippen molar-refractivity contribution in [2.75, 3.05) is 20.2 Å². The van der Waals surface area contributed by atoms with Crippen molar-refractivity contribution in [3.8, 4) is 11.1 Å². The summed E-state index contributed by atoms with van der Waals surface area (Å²) in [5.74, 6) is -2.62. The van der Waals surface area contributed by atoms with E-state index in [1.807, 2.05) is 32.9 Å². The molecule has 46 heavy (non-hydrogen) atoms. The number of rotatable bonds is 12. The van der Waals surface area contributed by atoms with Gasteiger partial charge in [-0.15, -0.1) is 0 Å². The van der Waals surface area contributed by atoms with Gasteiger partial charge >= 0.3 is 12.1 Å². The normalized spacial score (nSPS) is 13.1. The minimum Gasteiger partial charge on any atom is -0.466 e. The molecule has 0 fully saturated rings. The topological polar surface area (TPSA) is 89.4 Å². The summed E-state index contributed by atoms with van der Waals surface area (Å²) >= 11 is 0. The van der Waals surface area contributed by atoms with Gasteiger partial charge in [0.25, 0.3) is 5.56 Å². The Morgan fingerprint density at radius 3 is 2.15 bits per heavy atom. The lowest BCUT2D eigenvalue weighted by molar-refractivity contribution is -0.144. The first kappa shape index (κ1) is 36.5. The lowest BCUT2D eigenvalue weighted by atomic mass is 9.89. The van der Waals surface area contributed by atoms with Crippen molar-refractivity contribution in [2.24, 2.45) is 5.92 Å². The van der Waals surface area contributed by atoms with E-state index >= 15 is 4.39 Å². The number of aromatic nitrogens is 1. The summed E-state index contributed by atoms with van der Waals surface area (Å²) in [5, 5.41) is 5.55. The Bertz CT molecular complexity index is 1620. The van der Waals surface area contributed by atoms with Crippen molar-refractivity contribution >= 4 is 11.9 Å². The monoisotopic (exact) mass is 645 g/mol. The molecule has 250 valence electrons. The molecule has 1 amide bonds. The van der Waals surface area contributed by atoms with Gasteiger partial charge in [-0.25, -0.2) is 4.39 Å². The molecule has 11 heteroatoms. The standard InChI is InChI=1S/C35H43F4N3O4/c1-9-46-30(44)17-28(26-15-25(14-23(7)32(26)36)31-21(5)12-20(4)13-22(31)6)41-34(45)33(19(2)3)42-18-24(10-11-40-8)27(16-29(42)43)35(37,38)39/h12-16,18-19,28,33,40H,9-11,17H2,1-8H3,(H,41,45). The summed E-state index contributed by atoms with van der Waals surface area (Å²) < 4.78 is 63.5. The van der Waals surface area contributed by atoms with Gasteiger partial charge in [0.1, 0.15) is 11.9 Å². The van der Waals surface area contributed by atoms with Crippen LogP contribution in [-0.2, 0) is 26.9 Å². The third-order valence-electron chi connectivity index (χ3n) is 7.93. The molecule has 1 heterocycles. The second kappa shape index (κ2) is 15.1. The van der Waals surface area contributed by atoms with E-state index in [-0.39, 0.29) is 30.7 Å². The number of hydrogen-bond donors (Lipinski definition) is 2. The number of benzene rings is 2. The highest BCUT2D eigenvalue weighted by molar-refractivity contribution is 5.82. The number of esters is 1. The third kappa shape index (κ3) is 8.43. The SMILES string of the molecule is CCOC(=O)CC(NC(=O)C(C(C)C)n1cc(CCNC)c(C(F)(F)F)cc1=O)c1cc(-c2c(C)cc(C)cc2C)cc(C)c1F. The van der Waals surface area contributed by atoms with Crippen LogP contribution in [0.2, 0.25) is 0 Å². The first-order valence-corrected chi connectivity index (χ1v) is 15.3. The second-order valence-electron chi connectivity index (χ2n) is 12.0. The number of carbonyl (C=O) groups is 2. The quantitative estimate of drug-likeness (QED) is 0.170. The Hall–Kier alpha value is -3.99. The molecule has 1 aromatic heterocycles. The molecule has 7 nitrogen and oxygen atoms in total. The van der Waals surface area contributed by atoms with Crippen LogP contribution >= 0.6 is 0 Å². The van der Waals surface area contributed by atoms with Gasteiger partial charge in [-0.2, -0.15) is 13.2 Å². The molecular weight excluding hydrogens is 602 g/mol. The molecule has 0 aliphatic carbocycles. The first-order valence-electron chi connectivity index (χ1n) is 15.3. The number of ether oxygens (including phenoxy) is 1. The number of halogens is 4. The van der Waals surface area contributed by atoms with E-state index in [9.17, 15) is 27.6 Å². The average molecular weight is 646 g/mol. The summed E-state index contributed by atoms with van der Waals surface area (Å²) in [6.07, 6.45) is -4.15. The minimum atomic E-state index is -4.77. The summed E-state index contributed by atoms with van der Waals surface area (Å²) in [4.78, 5) is 39.8. The largest absolute Gasteiger partial charge is 0.466 e. The van der Waals surface area contributed by atoms with E-state index in [2.05, 4.69) is 10.6 Å². The third-order valence-corrected chi connectivity index (χ3v) is 7.93.